The van der Waals surface area contributed by atoms with Gasteiger partial charge in [-0.1, -0.05) is 17.3 Å². The first kappa shape index (κ1) is 9.35. The molecule has 0 aliphatic heterocycles. The van der Waals surface area contributed by atoms with Gasteiger partial charge in [0.1, 0.15) is 0 Å². The molecule has 0 saturated carbocycles. The molecule has 0 amide bonds. The molecule has 0 fully saturated rings. The molecule has 0 radical (unpaired) electrons. The minimum atomic E-state index is 0.0870. The van der Waals surface area contributed by atoms with Crippen LogP contribution < -0.4 is 5.73 Å². The zero-order chi connectivity index (χ0) is 11.0. The molecule has 2 aromatic heterocycles. The predicted molar refractivity (Wildman–Crippen MR) is 56.5 cm³/mol. The summed E-state index contributed by atoms with van der Waals surface area (Å²) in [5.41, 5.74) is 5.77. The van der Waals surface area contributed by atoms with Crippen molar-refractivity contribution in [1.29, 1.82) is 0 Å². The largest absolute Gasteiger partial charge is 0.461 e. The van der Waals surface area contributed by atoms with Gasteiger partial charge in [-0.15, -0.1) is 0 Å². The third-order valence-electron chi connectivity index (χ3n) is 2.62. The van der Waals surface area contributed by atoms with Gasteiger partial charge in [0.2, 0.25) is 11.7 Å². The monoisotopic (exact) mass is 217 g/mol. The molecule has 2 unspecified atom stereocenters. The van der Waals surface area contributed by atoms with E-state index in [2.05, 4.69) is 10.1 Å². The van der Waals surface area contributed by atoms with Gasteiger partial charge in [-0.2, -0.15) is 4.98 Å². The summed E-state index contributed by atoms with van der Waals surface area (Å²) in [5.74, 6) is 1.82. The second-order valence-corrected chi connectivity index (χ2v) is 3.82. The number of nitrogens with two attached hydrogens (primary N) is 1. The van der Waals surface area contributed by atoms with E-state index in [0.717, 1.165) is 6.42 Å². The molecule has 2 N–H and O–H groups in total. The lowest BCUT2D eigenvalue weighted by Crippen LogP contribution is -2.14. The molecule has 1 aliphatic carbocycles. The molecule has 0 aromatic carbocycles. The Kier molecular flexibility index (Phi) is 2.11. The third-order valence-corrected chi connectivity index (χ3v) is 2.62. The molecule has 0 bridgehead atoms. The predicted octanol–water partition coefficient (Wildman–Crippen LogP) is 1.70. The molecule has 3 rings (SSSR count). The summed E-state index contributed by atoms with van der Waals surface area (Å²) in [6.07, 6.45) is 6.36. The van der Waals surface area contributed by atoms with E-state index in [1.165, 1.54) is 0 Å². The number of furan rings is 1. The zero-order valence-electron chi connectivity index (χ0n) is 8.54. The molecule has 0 spiro atoms. The van der Waals surface area contributed by atoms with E-state index in [1.54, 1.807) is 18.4 Å². The molecule has 16 heavy (non-hydrogen) atoms. The van der Waals surface area contributed by atoms with E-state index >= 15 is 0 Å². The third kappa shape index (κ3) is 1.55. The summed E-state index contributed by atoms with van der Waals surface area (Å²) in [6, 6.07) is 3.67. The molecule has 82 valence electrons. The molecular weight excluding hydrogens is 206 g/mol. The summed E-state index contributed by atoms with van der Waals surface area (Å²) in [4.78, 5) is 4.29. The maximum atomic E-state index is 5.77. The molecule has 1 aliphatic rings. The fraction of sp³-hybridized carbons (Fsp3) is 0.273. The van der Waals surface area contributed by atoms with Gasteiger partial charge in [0.05, 0.1) is 12.2 Å². The summed E-state index contributed by atoms with van der Waals surface area (Å²) in [7, 11) is 0. The Labute approximate surface area is 91.9 Å². The van der Waals surface area contributed by atoms with Gasteiger partial charge in [-0.3, -0.25) is 0 Å². The highest BCUT2D eigenvalue weighted by molar-refractivity contribution is 5.45. The van der Waals surface area contributed by atoms with Gasteiger partial charge in [0.25, 0.3) is 0 Å². The van der Waals surface area contributed by atoms with E-state index in [4.69, 9.17) is 14.7 Å². The molecule has 2 aromatic rings. The summed E-state index contributed by atoms with van der Waals surface area (Å²) in [5, 5.41) is 3.87. The maximum Gasteiger partial charge on any atom is 0.238 e. The van der Waals surface area contributed by atoms with Crippen molar-refractivity contribution in [2.24, 2.45) is 5.73 Å². The molecular formula is C11H11N3O2. The molecule has 2 atom stereocenters. The van der Waals surface area contributed by atoms with Crippen LogP contribution in [0.2, 0.25) is 0 Å². The number of hydrogen-bond acceptors (Lipinski definition) is 5. The number of aromatic nitrogens is 2. The van der Waals surface area contributed by atoms with Crippen LogP contribution in [0.25, 0.3) is 11.6 Å². The average molecular weight is 217 g/mol. The van der Waals surface area contributed by atoms with Crippen LogP contribution in [0, 0.1) is 0 Å². The van der Waals surface area contributed by atoms with Gasteiger partial charge in [0.15, 0.2) is 5.76 Å². The van der Waals surface area contributed by atoms with Crippen LogP contribution in [-0.4, -0.2) is 16.2 Å². The highest BCUT2D eigenvalue weighted by atomic mass is 16.5. The minimum Gasteiger partial charge on any atom is -0.461 e. The molecule has 5 heteroatoms. The van der Waals surface area contributed by atoms with Crippen molar-refractivity contribution in [2.75, 3.05) is 0 Å². The zero-order valence-corrected chi connectivity index (χ0v) is 8.54. The van der Waals surface area contributed by atoms with E-state index < -0.39 is 0 Å². The van der Waals surface area contributed by atoms with Gasteiger partial charge in [0, 0.05) is 6.04 Å². The Morgan fingerprint density at radius 3 is 3.00 bits per heavy atom. The Morgan fingerprint density at radius 2 is 2.31 bits per heavy atom. The fourth-order valence-corrected chi connectivity index (χ4v) is 1.80. The average Bonchev–Trinajstić information content (AvgIpc) is 2.97. The van der Waals surface area contributed by atoms with Crippen molar-refractivity contribution in [3.63, 3.8) is 0 Å². The fourth-order valence-electron chi connectivity index (χ4n) is 1.80. The second kappa shape index (κ2) is 3.61. The van der Waals surface area contributed by atoms with E-state index in [1.807, 2.05) is 12.2 Å². The number of rotatable bonds is 2. The van der Waals surface area contributed by atoms with Crippen molar-refractivity contribution in [2.45, 2.75) is 18.4 Å². The number of allylic oxidation sites excluding steroid dienone is 1. The SMILES string of the molecule is NC1C=CC(c2nc(-c3ccco3)no2)C1. The van der Waals surface area contributed by atoms with Crippen molar-refractivity contribution < 1.29 is 8.94 Å². The number of hydrogen-bond donors (Lipinski definition) is 1. The first-order valence-corrected chi connectivity index (χ1v) is 5.14. The van der Waals surface area contributed by atoms with Crippen LogP contribution in [0.1, 0.15) is 18.2 Å². The maximum absolute atomic E-state index is 5.77. The van der Waals surface area contributed by atoms with Gasteiger partial charge >= 0.3 is 0 Å². The normalized spacial score (nSPS) is 24.1. The Morgan fingerprint density at radius 1 is 1.38 bits per heavy atom. The lowest BCUT2D eigenvalue weighted by atomic mass is 10.1. The summed E-state index contributed by atoms with van der Waals surface area (Å²) >= 11 is 0. The smallest absolute Gasteiger partial charge is 0.238 e. The standard InChI is InChI=1S/C11H11N3O2/c12-8-4-3-7(6-8)11-13-10(14-16-11)9-2-1-5-15-9/h1-5,7-8H,6,12H2. The summed E-state index contributed by atoms with van der Waals surface area (Å²) < 4.78 is 10.4. The molecule has 0 saturated heterocycles. The van der Waals surface area contributed by atoms with Crippen LogP contribution in [0.4, 0.5) is 0 Å². The Bertz CT molecular complexity index is 501. The second-order valence-electron chi connectivity index (χ2n) is 3.82. The highest BCUT2D eigenvalue weighted by Crippen LogP contribution is 2.28. The van der Waals surface area contributed by atoms with E-state index in [0.29, 0.717) is 17.5 Å². The minimum absolute atomic E-state index is 0.0870. The Hall–Kier alpha value is -1.88. The lowest BCUT2D eigenvalue weighted by Gasteiger charge is -2.01. The number of nitrogens with zero attached hydrogens (tertiary/aromatic N) is 2. The van der Waals surface area contributed by atoms with Gasteiger partial charge < -0.3 is 14.7 Å². The Balaban J connectivity index is 1.86. The van der Waals surface area contributed by atoms with Crippen LogP contribution >= 0.6 is 0 Å². The van der Waals surface area contributed by atoms with Gasteiger partial charge in [-0.05, 0) is 18.6 Å². The quantitative estimate of drug-likeness (QED) is 0.774. The summed E-state index contributed by atoms with van der Waals surface area (Å²) in [6.45, 7) is 0. The van der Waals surface area contributed by atoms with Crippen LogP contribution in [-0.2, 0) is 0 Å². The van der Waals surface area contributed by atoms with E-state index in [9.17, 15) is 0 Å². The van der Waals surface area contributed by atoms with Gasteiger partial charge in [-0.25, -0.2) is 0 Å². The van der Waals surface area contributed by atoms with Crippen molar-refractivity contribution >= 4 is 0 Å². The topological polar surface area (TPSA) is 78.1 Å². The first-order valence-electron chi connectivity index (χ1n) is 5.14. The highest BCUT2D eigenvalue weighted by Gasteiger charge is 2.23. The van der Waals surface area contributed by atoms with Crippen LogP contribution in [0.5, 0.6) is 0 Å². The first-order chi connectivity index (χ1) is 7.83. The van der Waals surface area contributed by atoms with Crippen LogP contribution in [0.15, 0.2) is 39.5 Å². The van der Waals surface area contributed by atoms with Crippen molar-refractivity contribution in [1.82, 2.24) is 10.1 Å². The lowest BCUT2D eigenvalue weighted by molar-refractivity contribution is 0.364. The van der Waals surface area contributed by atoms with Crippen molar-refractivity contribution in [3.05, 3.63) is 36.4 Å². The molecule has 5 nitrogen and oxygen atoms in total. The van der Waals surface area contributed by atoms with Crippen molar-refractivity contribution in [3.8, 4) is 11.6 Å². The molecule has 2 heterocycles. The van der Waals surface area contributed by atoms with Crippen LogP contribution in [0.3, 0.4) is 0 Å². The van der Waals surface area contributed by atoms with E-state index in [-0.39, 0.29) is 12.0 Å².